The van der Waals surface area contributed by atoms with Crippen LogP contribution in [0.4, 0.5) is 0 Å². The molecule has 2 atom stereocenters. The summed E-state index contributed by atoms with van der Waals surface area (Å²) in [5, 5.41) is 11.8. The van der Waals surface area contributed by atoms with Gasteiger partial charge >= 0.3 is 0 Å². The molecular weight excluding hydrogens is 430 g/mol. The van der Waals surface area contributed by atoms with Gasteiger partial charge in [-0.05, 0) is 44.5 Å². The first-order valence-electron chi connectivity index (χ1n) is 11.1. The van der Waals surface area contributed by atoms with Gasteiger partial charge in [0, 0.05) is 52.4 Å². The average Bonchev–Trinajstić information content (AvgIpc) is 2.76. The Balaban J connectivity index is 1.36. The Kier molecular flexibility index (Phi) is 8.62. The second-order valence-electron chi connectivity index (χ2n) is 8.54. The van der Waals surface area contributed by atoms with Gasteiger partial charge in [-0.2, -0.15) is 9.57 Å². The minimum Gasteiger partial charge on any atom is -0.373 e. The third-order valence-electron chi connectivity index (χ3n) is 5.79. The molecule has 2 heterocycles. The van der Waals surface area contributed by atoms with Crippen LogP contribution >= 0.6 is 0 Å². The number of sulfonamides is 1. The number of benzene rings is 1. The minimum atomic E-state index is -3.59. The van der Waals surface area contributed by atoms with E-state index in [1.807, 2.05) is 11.0 Å². The van der Waals surface area contributed by atoms with Crippen LogP contribution in [0, 0.1) is 11.3 Å². The molecule has 3 rings (SSSR count). The molecule has 10 heteroatoms. The molecule has 0 aromatic heterocycles. The lowest BCUT2D eigenvalue weighted by molar-refractivity contribution is -0.122. The van der Waals surface area contributed by atoms with Crippen LogP contribution in [0.15, 0.2) is 29.2 Å². The Labute approximate surface area is 191 Å². The van der Waals surface area contributed by atoms with Crippen molar-refractivity contribution >= 4 is 15.9 Å². The van der Waals surface area contributed by atoms with E-state index in [9.17, 15) is 13.2 Å². The number of ether oxygens (including phenoxy) is 1. The van der Waals surface area contributed by atoms with Crippen LogP contribution < -0.4 is 5.32 Å². The van der Waals surface area contributed by atoms with Crippen molar-refractivity contribution < 1.29 is 17.9 Å². The smallest absolute Gasteiger partial charge is 0.243 e. The highest BCUT2D eigenvalue weighted by atomic mass is 32.2. The number of hydrogen-bond acceptors (Lipinski definition) is 7. The molecule has 0 radical (unpaired) electrons. The van der Waals surface area contributed by atoms with Crippen LogP contribution in [0.3, 0.4) is 0 Å². The van der Waals surface area contributed by atoms with Gasteiger partial charge in [-0.3, -0.25) is 14.6 Å². The van der Waals surface area contributed by atoms with Crippen LogP contribution in [0.1, 0.15) is 25.8 Å². The lowest BCUT2D eigenvalue weighted by Crippen LogP contribution is -2.51. The summed E-state index contributed by atoms with van der Waals surface area (Å²) in [5.74, 6) is -0.0305. The maximum Gasteiger partial charge on any atom is 0.243 e. The van der Waals surface area contributed by atoms with Crippen molar-refractivity contribution in [3.63, 3.8) is 0 Å². The van der Waals surface area contributed by atoms with E-state index in [2.05, 4.69) is 24.1 Å². The molecule has 0 spiro atoms. The van der Waals surface area contributed by atoms with Gasteiger partial charge in [0.05, 0.1) is 35.3 Å². The third kappa shape index (κ3) is 6.73. The molecule has 1 aromatic rings. The summed E-state index contributed by atoms with van der Waals surface area (Å²) in [4.78, 5) is 16.8. The van der Waals surface area contributed by atoms with Crippen LogP contribution in [-0.2, 0) is 19.6 Å². The van der Waals surface area contributed by atoms with E-state index < -0.39 is 10.0 Å². The first-order chi connectivity index (χ1) is 15.3. The number of nitrogens with one attached hydrogen (secondary N) is 1. The Morgan fingerprint density at radius 2 is 1.72 bits per heavy atom. The van der Waals surface area contributed by atoms with E-state index in [0.717, 1.165) is 26.1 Å². The molecule has 176 valence electrons. The average molecular weight is 464 g/mol. The molecule has 9 nitrogen and oxygen atoms in total. The number of morpholine rings is 1. The van der Waals surface area contributed by atoms with E-state index in [1.165, 1.54) is 28.6 Å². The van der Waals surface area contributed by atoms with Gasteiger partial charge in [-0.25, -0.2) is 8.42 Å². The van der Waals surface area contributed by atoms with Crippen LogP contribution in [0.2, 0.25) is 0 Å². The predicted octanol–water partition coefficient (Wildman–Crippen LogP) is 0.480. The Bertz CT molecular complexity index is 897. The van der Waals surface area contributed by atoms with E-state index in [1.54, 1.807) is 0 Å². The standard InChI is InChI=1S/C22H33N5O4S/c1-18-15-26(16-19(2)31-18)9-3-8-24-22(28)17-25-10-12-27(13-11-25)32(29,30)21-6-4-20(14-23)5-7-21/h4-7,18-19H,3,8-13,15-17H2,1-2H3,(H,24,28)/t18-,19-/m0/s1. The van der Waals surface area contributed by atoms with Gasteiger partial charge in [0.25, 0.3) is 0 Å². The van der Waals surface area contributed by atoms with Crippen molar-refractivity contribution in [1.82, 2.24) is 19.4 Å². The SMILES string of the molecule is C[C@H]1CN(CCCNC(=O)CN2CCN(S(=O)(=O)c3ccc(C#N)cc3)CC2)C[C@H](C)O1. The van der Waals surface area contributed by atoms with Crippen molar-refractivity contribution in [1.29, 1.82) is 5.26 Å². The maximum absolute atomic E-state index is 12.8. The molecule has 1 N–H and O–H groups in total. The van der Waals surface area contributed by atoms with Crippen LogP contribution in [-0.4, -0.2) is 99.5 Å². The topological polar surface area (TPSA) is 106 Å². The molecule has 2 saturated heterocycles. The monoisotopic (exact) mass is 463 g/mol. The fraction of sp³-hybridized carbons (Fsp3) is 0.636. The first kappa shape index (κ1) is 24.6. The van der Waals surface area contributed by atoms with Crippen molar-refractivity contribution in [2.75, 3.05) is 58.9 Å². The van der Waals surface area contributed by atoms with Crippen molar-refractivity contribution in [2.45, 2.75) is 37.4 Å². The normalized spacial score (nSPS) is 23.5. The fourth-order valence-electron chi connectivity index (χ4n) is 4.23. The van der Waals surface area contributed by atoms with E-state index in [0.29, 0.717) is 38.3 Å². The Hall–Kier alpha value is -2.03. The summed E-state index contributed by atoms with van der Waals surface area (Å²) < 4.78 is 32.8. The number of piperazine rings is 1. The zero-order valence-electron chi connectivity index (χ0n) is 18.9. The highest BCUT2D eigenvalue weighted by Crippen LogP contribution is 2.18. The third-order valence-corrected chi connectivity index (χ3v) is 7.70. The molecule has 1 amide bonds. The molecule has 32 heavy (non-hydrogen) atoms. The van der Waals surface area contributed by atoms with Gasteiger partial charge in [0.15, 0.2) is 0 Å². The number of amides is 1. The Morgan fingerprint density at radius 3 is 2.31 bits per heavy atom. The molecule has 0 bridgehead atoms. The van der Waals surface area contributed by atoms with Gasteiger partial charge in [-0.15, -0.1) is 0 Å². The molecule has 0 unspecified atom stereocenters. The number of nitriles is 1. The molecule has 0 aliphatic carbocycles. The van der Waals surface area contributed by atoms with E-state index >= 15 is 0 Å². The van der Waals surface area contributed by atoms with E-state index in [-0.39, 0.29) is 29.6 Å². The highest BCUT2D eigenvalue weighted by molar-refractivity contribution is 7.89. The van der Waals surface area contributed by atoms with Gasteiger partial charge < -0.3 is 10.1 Å². The summed E-state index contributed by atoms with van der Waals surface area (Å²) in [6.45, 7) is 9.54. The van der Waals surface area contributed by atoms with Gasteiger partial charge in [0.2, 0.25) is 15.9 Å². The fourth-order valence-corrected chi connectivity index (χ4v) is 5.66. The van der Waals surface area contributed by atoms with Crippen molar-refractivity contribution in [3.8, 4) is 6.07 Å². The number of carbonyl (C=O) groups is 1. The van der Waals surface area contributed by atoms with Crippen molar-refractivity contribution in [2.24, 2.45) is 0 Å². The van der Waals surface area contributed by atoms with Crippen LogP contribution in [0.25, 0.3) is 0 Å². The maximum atomic E-state index is 12.8. The summed E-state index contributed by atoms with van der Waals surface area (Å²) in [7, 11) is -3.59. The number of nitrogens with zero attached hydrogens (tertiary/aromatic N) is 4. The minimum absolute atomic E-state index is 0.0305. The molecule has 1 aromatic carbocycles. The highest BCUT2D eigenvalue weighted by Gasteiger charge is 2.29. The summed E-state index contributed by atoms with van der Waals surface area (Å²) in [6, 6.07) is 7.93. The summed E-state index contributed by atoms with van der Waals surface area (Å²) in [5.41, 5.74) is 0.425. The van der Waals surface area contributed by atoms with E-state index in [4.69, 9.17) is 10.00 Å². The second kappa shape index (κ2) is 11.2. The lowest BCUT2D eigenvalue weighted by atomic mass is 10.2. The first-order valence-corrected chi connectivity index (χ1v) is 12.6. The number of carbonyl (C=O) groups excluding carboxylic acids is 1. The molecular formula is C22H33N5O4S. The predicted molar refractivity (Wildman–Crippen MR) is 120 cm³/mol. The molecule has 0 saturated carbocycles. The quantitative estimate of drug-likeness (QED) is 0.559. The second-order valence-corrected chi connectivity index (χ2v) is 10.5. The van der Waals surface area contributed by atoms with Gasteiger partial charge in [-0.1, -0.05) is 0 Å². The molecule has 2 aliphatic rings. The van der Waals surface area contributed by atoms with Crippen molar-refractivity contribution in [3.05, 3.63) is 29.8 Å². The molecule has 2 fully saturated rings. The molecule has 2 aliphatic heterocycles. The van der Waals surface area contributed by atoms with Gasteiger partial charge in [0.1, 0.15) is 0 Å². The Morgan fingerprint density at radius 1 is 1.09 bits per heavy atom. The van der Waals surface area contributed by atoms with Crippen LogP contribution in [0.5, 0.6) is 0 Å². The summed E-state index contributed by atoms with van der Waals surface area (Å²) in [6.07, 6.45) is 1.38. The largest absolute Gasteiger partial charge is 0.373 e. The zero-order valence-corrected chi connectivity index (χ0v) is 19.7. The zero-order chi connectivity index (χ0) is 23.1. The number of rotatable bonds is 8. The lowest BCUT2D eigenvalue weighted by Gasteiger charge is -2.35. The number of hydrogen-bond donors (Lipinski definition) is 1. The summed E-state index contributed by atoms with van der Waals surface area (Å²) >= 11 is 0.